The van der Waals surface area contributed by atoms with Gasteiger partial charge in [0.05, 0.1) is 34.3 Å². The van der Waals surface area contributed by atoms with Crippen LogP contribution in [0.25, 0.3) is 0 Å². The Balaban J connectivity index is 1.95. The molecule has 6 nitrogen and oxygen atoms in total. The number of methoxy groups -OCH3 is 1. The molecule has 3 rings (SSSR count). The molecule has 1 N–H and O–H groups in total. The van der Waals surface area contributed by atoms with Gasteiger partial charge in [-0.3, -0.25) is 9.10 Å². The fraction of sp³-hybridized carbons (Fsp3) is 0.208. The van der Waals surface area contributed by atoms with Crippen molar-refractivity contribution < 1.29 is 31.1 Å². The maximum Gasteiger partial charge on any atom is 0.417 e. The maximum atomic E-state index is 13.4. The number of ether oxygens (including phenoxy) is 1. The smallest absolute Gasteiger partial charge is 0.417 e. The van der Waals surface area contributed by atoms with Crippen LogP contribution in [-0.2, 0) is 21.0 Å². The molecule has 0 radical (unpaired) electrons. The molecule has 0 heterocycles. The predicted molar refractivity (Wildman–Crippen MR) is 127 cm³/mol. The van der Waals surface area contributed by atoms with E-state index in [2.05, 4.69) is 5.32 Å². The molecule has 186 valence electrons. The Hall–Kier alpha value is -3.24. The summed E-state index contributed by atoms with van der Waals surface area (Å²) in [5, 5.41) is 2.09. The van der Waals surface area contributed by atoms with Crippen molar-refractivity contribution >= 4 is 33.2 Å². The van der Waals surface area contributed by atoms with Crippen molar-refractivity contribution in [3.8, 4) is 5.75 Å². The van der Waals surface area contributed by atoms with Crippen LogP contribution in [0.15, 0.2) is 77.7 Å². The van der Waals surface area contributed by atoms with E-state index < -0.39 is 45.3 Å². The highest BCUT2D eigenvalue weighted by atomic mass is 35.5. The average Bonchev–Trinajstić information content (AvgIpc) is 2.82. The third-order valence-corrected chi connectivity index (χ3v) is 7.27. The summed E-state index contributed by atoms with van der Waals surface area (Å²) in [5.74, 6) is -0.0908. The van der Waals surface area contributed by atoms with Crippen LogP contribution in [0.4, 0.5) is 18.9 Å². The van der Waals surface area contributed by atoms with Crippen LogP contribution in [0, 0.1) is 0 Å². The summed E-state index contributed by atoms with van der Waals surface area (Å²) < 4.78 is 72.8. The van der Waals surface area contributed by atoms with Crippen molar-refractivity contribution in [2.45, 2.75) is 24.0 Å². The number of alkyl halides is 3. The fourth-order valence-corrected chi connectivity index (χ4v) is 4.97. The van der Waals surface area contributed by atoms with Gasteiger partial charge in [0.1, 0.15) is 12.3 Å². The highest BCUT2D eigenvalue weighted by molar-refractivity contribution is 7.92. The lowest BCUT2D eigenvalue weighted by Gasteiger charge is -2.26. The third-order valence-electron chi connectivity index (χ3n) is 5.16. The zero-order valence-electron chi connectivity index (χ0n) is 18.7. The van der Waals surface area contributed by atoms with E-state index in [1.165, 1.54) is 31.4 Å². The number of carbonyl (C=O) groups is 1. The molecule has 0 unspecified atom stereocenters. The Morgan fingerprint density at radius 2 is 1.69 bits per heavy atom. The second-order valence-corrected chi connectivity index (χ2v) is 9.82. The summed E-state index contributed by atoms with van der Waals surface area (Å²) in [4.78, 5) is 12.7. The number of anilines is 1. The van der Waals surface area contributed by atoms with Gasteiger partial charge in [-0.25, -0.2) is 8.42 Å². The van der Waals surface area contributed by atoms with E-state index >= 15 is 0 Å². The van der Waals surface area contributed by atoms with Crippen LogP contribution >= 0.6 is 11.6 Å². The summed E-state index contributed by atoms with van der Waals surface area (Å²) in [6.45, 7) is 0.941. The SMILES string of the molecule is COc1ccc([C@H](C)NC(=O)CN(c2ccc(Cl)c(C(F)(F)F)c2)S(=O)(=O)c2ccccc2)cc1. The molecule has 1 atom stereocenters. The maximum absolute atomic E-state index is 13.4. The quantitative estimate of drug-likeness (QED) is 0.424. The number of halogens is 4. The fourth-order valence-electron chi connectivity index (χ4n) is 3.31. The zero-order chi connectivity index (χ0) is 25.8. The van der Waals surface area contributed by atoms with Gasteiger partial charge in [-0.1, -0.05) is 41.9 Å². The number of amides is 1. The molecule has 0 aliphatic heterocycles. The Kier molecular flexibility index (Phi) is 7.97. The van der Waals surface area contributed by atoms with E-state index in [0.717, 1.165) is 17.7 Å². The monoisotopic (exact) mass is 526 g/mol. The molecule has 0 fully saturated rings. The van der Waals surface area contributed by atoms with Gasteiger partial charge < -0.3 is 10.1 Å². The Bertz CT molecular complexity index is 1280. The summed E-state index contributed by atoms with van der Waals surface area (Å²) >= 11 is 5.70. The van der Waals surface area contributed by atoms with Gasteiger partial charge in [0.2, 0.25) is 5.91 Å². The van der Waals surface area contributed by atoms with E-state index in [9.17, 15) is 26.4 Å². The molecule has 0 aliphatic carbocycles. The molecule has 11 heteroatoms. The molecule has 0 aromatic heterocycles. The molecule has 3 aromatic carbocycles. The minimum Gasteiger partial charge on any atom is -0.497 e. The zero-order valence-corrected chi connectivity index (χ0v) is 20.3. The number of nitrogens with zero attached hydrogens (tertiary/aromatic N) is 1. The molecule has 0 saturated heterocycles. The molecule has 0 bridgehead atoms. The molecule has 3 aromatic rings. The van der Waals surface area contributed by atoms with E-state index in [1.54, 1.807) is 37.3 Å². The van der Waals surface area contributed by atoms with Gasteiger partial charge in [-0.15, -0.1) is 0 Å². The van der Waals surface area contributed by atoms with Crippen LogP contribution in [-0.4, -0.2) is 28.0 Å². The van der Waals surface area contributed by atoms with E-state index in [-0.39, 0.29) is 10.6 Å². The lowest BCUT2D eigenvalue weighted by molar-refractivity contribution is -0.137. The summed E-state index contributed by atoms with van der Waals surface area (Å²) in [5.41, 5.74) is -0.836. The number of sulfonamides is 1. The van der Waals surface area contributed by atoms with Crippen molar-refractivity contribution in [2.75, 3.05) is 18.0 Å². The Labute approximate surface area is 206 Å². The van der Waals surface area contributed by atoms with Gasteiger partial charge in [0.25, 0.3) is 10.0 Å². The van der Waals surface area contributed by atoms with Crippen molar-refractivity contribution in [1.29, 1.82) is 0 Å². The first-order chi connectivity index (χ1) is 16.4. The molecule has 1 amide bonds. The second kappa shape index (κ2) is 10.6. The Morgan fingerprint density at radius 1 is 1.06 bits per heavy atom. The molecule has 0 aliphatic rings. The van der Waals surface area contributed by atoms with Crippen LogP contribution in [0.1, 0.15) is 24.1 Å². The van der Waals surface area contributed by atoms with Crippen LogP contribution in [0.3, 0.4) is 0 Å². The van der Waals surface area contributed by atoms with Gasteiger partial charge in [0.15, 0.2) is 0 Å². The van der Waals surface area contributed by atoms with E-state index in [4.69, 9.17) is 16.3 Å². The first-order valence-corrected chi connectivity index (χ1v) is 12.1. The van der Waals surface area contributed by atoms with Gasteiger partial charge >= 0.3 is 6.18 Å². The molecule has 0 spiro atoms. The Morgan fingerprint density at radius 3 is 2.26 bits per heavy atom. The molecule has 0 saturated carbocycles. The number of rotatable bonds is 8. The number of nitrogens with one attached hydrogen (secondary N) is 1. The molecule has 35 heavy (non-hydrogen) atoms. The first kappa shape index (κ1) is 26.4. The lowest BCUT2D eigenvalue weighted by Crippen LogP contribution is -2.41. The van der Waals surface area contributed by atoms with Gasteiger partial charge in [0, 0.05) is 0 Å². The summed E-state index contributed by atoms with van der Waals surface area (Å²) in [7, 11) is -2.87. The second-order valence-electron chi connectivity index (χ2n) is 7.55. The van der Waals surface area contributed by atoms with E-state index in [0.29, 0.717) is 16.1 Å². The normalized spacial score (nSPS) is 12.6. The summed E-state index contributed by atoms with van der Waals surface area (Å²) in [6, 6.07) is 16.2. The number of carbonyl (C=O) groups excluding carboxylic acids is 1. The standard InChI is InChI=1S/C24H22ClF3N2O4S/c1-16(17-8-11-19(34-2)12-9-17)29-23(31)15-30(35(32,33)20-6-4-3-5-7-20)18-10-13-22(25)21(14-18)24(26,27)28/h3-14,16H,15H2,1-2H3,(H,29,31)/t16-/m0/s1. The predicted octanol–water partition coefficient (Wildman–Crippen LogP) is 5.44. The highest BCUT2D eigenvalue weighted by Crippen LogP contribution is 2.38. The van der Waals surface area contributed by atoms with Crippen molar-refractivity contribution in [3.05, 3.63) is 88.9 Å². The average molecular weight is 527 g/mol. The van der Waals surface area contributed by atoms with Crippen LogP contribution in [0.2, 0.25) is 5.02 Å². The van der Waals surface area contributed by atoms with E-state index in [1.807, 2.05) is 0 Å². The molecular formula is C24H22ClF3N2O4S. The number of benzene rings is 3. The topological polar surface area (TPSA) is 75.7 Å². The minimum absolute atomic E-state index is 0.181. The summed E-state index contributed by atoms with van der Waals surface area (Å²) in [6.07, 6.45) is -4.82. The highest BCUT2D eigenvalue weighted by Gasteiger charge is 2.35. The van der Waals surface area contributed by atoms with Crippen LogP contribution in [0.5, 0.6) is 5.75 Å². The minimum atomic E-state index is -4.82. The van der Waals surface area contributed by atoms with Gasteiger partial charge in [-0.05, 0) is 55.0 Å². The molecular weight excluding hydrogens is 505 g/mol. The van der Waals surface area contributed by atoms with Crippen molar-refractivity contribution in [3.63, 3.8) is 0 Å². The van der Waals surface area contributed by atoms with Crippen molar-refractivity contribution in [2.24, 2.45) is 0 Å². The van der Waals surface area contributed by atoms with Gasteiger partial charge in [-0.2, -0.15) is 13.2 Å². The first-order valence-electron chi connectivity index (χ1n) is 10.3. The largest absolute Gasteiger partial charge is 0.497 e. The third kappa shape index (κ3) is 6.26. The van der Waals surface area contributed by atoms with Crippen molar-refractivity contribution in [1.82, 2.24) is 5.32 Å². The van der Waals surface area contributed by atoms with Crippen LogP contribution < -0.4 is 14.4 Å². The number of hydrogen-bond acceptors (Lipinski definition) is 4. The lowest BCUT2D eigenvalue weighted by atomic mass is 10.1. The number of hydrogen-bond donors (Lipinski definition) is 1.